The van der Waals surface area contributed by atoms with Crippen LogP contribution in [0.25, 0.3) is 11.4 Å². The van der Waals surface area contributed by atoms with Crippen molar-refractivity contribution in [2.75, 3.05) is 6.54 Å². The van der Waals surface area contributed by atoms with Crippen LogP contribution in [0.15, 0.2) is 24.3 Å². The normalized spacial score (nSPS) is 10.7. The van der Waals surface area contributed by atoms with E-state index in [1.165, 1.54) is 10.4 Å². The first kappa shape index (κ1) is 18.6. The Morgan fingerprint density at radius 2 is 1.92 bits per heavy atom. The van der Waals surface area contributed by atoms with E-state index in [9.17, 15) is 9.59 Å². The standard InChI is InChI=1S/C17H24N6O2/c1-4-13-5-7-14(8-6-13)16-20-22-23(21-16)11-15(24)19-17(25)18-10-9-12(2)3/h5-8,12H,4,9-11H2,1-3H3,(H2,18,19,24,25). The molecule has 0 radical (unpaired) electrons. The molecule has 0 aliphatic heterocycles. The molecule has 0 bridgehead atoms. The third kappa shape index (κ3) is 5.98. The number of hydrogen-bond donors (Lipinski definition) is 2. The molecule has 0 saturated heterocycles. The van der Waals surface area contributed by atoms with E-state index >= 15 is 0 Å². The number of urea groups is 1. The van der Waals surface area contributed by atoms with E-state index < -0.39 is 11.9 Å². The Labute approximate surface area is 147 Å². The largest absolute Gasteiger partial charge is 0.338 e. The number of aryl methyl sites for hydroxylation is 1. The molecule has 2 rings (SSSR count). The van der Waals surface area contributed by atoms with Gasteiger partial charge in [0.1, 0.15) is 6.54 Å². The molecule has 0 spiro atoms. The number of hydrogen-bond acceptors (Lipinski definition) is 5. The van der Waals surface area contributed by atoms with Crippen LogP contribution in [0.1, 0.15) is 32.8 Å². The predicted octanol–water partition coefficient (Wildman–Crippen LogP) is 1.77. The first-order valence-electron chi connectivity index (χ1n) is 8.42. The molecule has 1 aromatic heterocycles. The fourth-order valence-corrected chi connectivity index (χ4v) is 2.13. The van der Waals surface area contributed by atoms with Gasteiger partial charge in [-0.2, -0.15) is 4.80 Å². The Balaban J connectivity index is 1.85. The van der Waals surface area contributed by atoms with Crippen LogP contribution in [-0.2, 0) is 17.8 Å². The second-order valence-corrected chi connectivity index (χ2v) is 6.18. The van der Waals surface area contributed by atoms with Crippen molar-refractivity contribution in [3.8, 4) is 11.4 Å². The molecule has 134 valence electrons. The summed E-state index contributed by atoms with van der Waals surface area (Å²) in [5.41, 5.74) is 2.05. The van der Waals surface area contributed by atoms with Gasteiger partial charge < -0.3 is 5.32 Å². The van der Waals surface area contributed by atoms with Crippen molar-refractivity contribution < 1.29 is 9.59 Å². The molecule has 1 aromatic carbocycles. The van der Waals surface area contributed by atoms with E-state index in [0.717, 1.165) is 18.4 Å². The molecule has 1 heterocycles. The molecule has 0 unspecified atom stereocenters. The summed E-state index contributed by atoms with van der Waals surface area (Å²) >= 11 is 0. The number of amides is 3. The molecule has 0 aliphatic rings. The van der Waals surface area contributed by atoms with Crippen LogP contribution in [0.4, 0.5) is 4.79 Å². The smallest absolute Gasteiger partial charge is 0.321 e. The lowest BCUT2D eigenvalue weighted by atomic mass is 10.1. The second kappa shape index (κ2) is 8.91. The molecule has 2 aromatic rings. The molecule has 8 heteroatoms. The van der Waals surface area contributed by atoms with E-state index in [0.29, 0.717) is 18.3 Å². The highest BCUT2D eigenvalue weighted by molar-refractivity contribution is 5.94. The Bertz CT molecular complexity index is 708. The summed E-state index contributed by atoms with van der Waals surface area (Å²) in [6.45, 7) is 6.57. The topological polar surface area (TPSA) is 102 Å². The van der Waals surface area contributed by atoms with Gasteiger partial charge in [-0.15, -0.1) is 10.2 Å². The van der Waals surface area contributed by atoms with E-state index in [4.69, 9.17) is 0 Å². The summed E-state index contributed by atoms with van der Waals surface area (Å²) in [5.74, 6) is 0.435. The summed E-state index contributed by atoms with van der Waals surface area (Å²) in [7, 11) is 0. The molecule has 0 fully saturated rings. The summed E-state index contributed by atoms with van der Waals surface area (Å²) in [6, 6.07) is 7.33. The van der Waals surface area contributed by atoms with Crippen LogP contribution in [0.3, 0.4) is 0 Å². The average molecular weight is 344 g/mol. The number of imide groups is 1. The van der Waals surface area contributed by atoms with Gasteiger partial charge in [0.15, 0.2) is 0 Å². The van der Waals surface area contributed by atoms with Gasteiger partial charge in [0.2, 0.25) is 5.82 Å². The van der Waals surface area contributed by atoms with Gasteiger partial charge >= 0.3 is 6.03 Å². The highest BCUT2D eigenvalue weighted by atomic mass is 16.2. The number of carbonyl (C=O) groups excluding carboxylic acids is 2. The number of aromatic nitrogens is 4. The summed E-state index contributed by atoms with van der Waals surface area (Å²) in [6.07, 6.45) is 1.81. The van der Waals surface area contributed by atoms with Crippen LogP contribution in [0.5, 0.6) is 0 Å². The van der Waals surface area contributed by atoms with E-state index in [2.05, 4.69) is 46.8 Å². The number of rotatable bonds is 7. The van der Waals surface area contributed by atoms with Crippen LogP contribution in [-0.4, -0.2) is 38.7 Å². The van der Waals surface area contributed by atoms with Gasteiger partial charge in [-0.25, -0.2) is 4.79 Å². The molecule has 2 N–H and O–H groups in total. The van der Waals surface area contributed by atoms with Crippen molar-refractivity contribution in [1.29, 1.82) is 0 Å². The van der Waals surface area contributed by atoms with Crippen molar-refractivity contribution in [2.24, 2.45) is 5.92 Å². The summed E-state index contributed by atoms with van der Waals surface area (Å²) < 4.78 is 0. The Morgan fingerprint density at radius 1 is 1.20 bits per heavy atom. The maximum atomic E-state index is 11.8. The molecule has 3 amide bonds. The second-order valence-electron chi connectivity index (χ2n) is 6.18. The molecule has 25 heavy (non-hydrogen) atoms. The van der Waals surface area contributed by atoms with Crippen molar-refractivity contribution in [3.63, 3.8) is 0 Å². The lowest BCUT2D eigenvalue weighted by Gasteiger charge is -2.07. The fourth-order valence-electron chi connectivity index (χ4n) is 2.13. The quantitative estimate of drug-likeness (QED) is 0.797. The van der Waals surface area contributed by atoms with Crippen molar-refractivity contribution >= 4 is 11.9 Å². The minimum absolute atomic E-state index is 0.169. The van der Waals surface area contributed by atoms with Gasteiger partial charge in [0, 0.05) is 12.1 Å². The minimum atomic E-state index is -0.513. The number of nitrogens with one attached hydrogen (secondary N) is 2. The maximum absolute atomic E-state index is 11.8. The summed E-state index contributed by atoms with van der Waals surface area (Å²) in [5, 5.41) is 16.9. The number of benzene rings is 1. The molecular formula is C17H24N6O2. The van der Waals surface area contributed by atoms with Crippen LogP contribution >= 0.6 is 0 Å². The first-order chi connectivity index (χ1) is 12.0. The van der Waals surface area contributed by atoms with E-state index in [-0.39, 0.29) is 6.54 Å². The highest BCUT2D eigenvalue weighted by Gasteiger charge is 2.12. The van der Waals surface area contributed by atoms with E-state index in [1.54, 1.807) is 0 Å². The van der Waals surface area contributed by atoms with Crippen molar-refractivity contribution in [2.45, 2.75) is 40.2 Å². The molecule has 0 atom stereocenters. The molecule has 0 aliphatic carbocycles. The lowest BCUT2D eigenvalue weighted by Crippen LogP contribution is -2.41. The monoisotopic (exact) mass is 344 g/mol. The highest BCUT2D eigenvalue weighted by Crippen LogP contribution is 2.14. The first-order valence-corrected chi connectivity index (χ1v) is 8.42. The number of nitrogens with zero attached hydrogens (tertiary/aromatic N) is 4. The maximum Gasteiger partial charge on any atom is 0.321 e. The molecule has 0 saturated carbocycles. The van der Waals surface area contributed by atoms with Crippen molar-refractivity contribution in [1.82, 2.24) is 30.8 Å². The van der Waals surface area contributed by atoms with Gasteiger partial charge in [0.25, 0.3) is 5.91 Å². The SMILES string of the molecule is CCc1ccc(-c2nnn(CC(=O)NC(=O)NCCC(C)C)n2)cc1. The van der Waals surface area contributed by atoms with Crippen LogP contribution in [0, 0.1) is 5.92 Å². The number of carbonyl (C=O) groups is 2. The third-order valence-corrected chi connectivity index (χ3v) is 3.62. The Morgan fingerprint density at radius 3 is 2.56 bits per heavy atom. The van der Waals surface area contributed by atoms with Gasteiger partial charge in [-0.05, 0) is 29.5 Å². The van der Waals surface area contributed by atoms with Gasteiger partial charge in [0.05, 0.1) is 0 Å². The van der Waals surface area contributed by atoms with Crippen molar-refractivity contribution in [3.05, 3.63) is 29.8 Å². The van der Waals surface area contributed by atoms with Gasteiger partial charge in [-0.3, -0.25) is 10.1 Å². The zero-order chi connectivity index (χ0) is 18.2. The molecular weight excluding hydrogens is 320 g/mol. The lowest BCUT2D eigenvalue weighted by molar-refractivity contribution is -0.121. The zero-order valence-corrected chi connectivity index (χ0v) is 14.8. The van der Waals surface area contributed by atoms with Crippen LogP contribution in [0.2, 0.25) is 0 Å². The Hall–Kier alpha value is -2.77. The van der Waals surface area contributed by atoms with Crippen LogP contribution < -0.4 is 10.6 Å². The number of tetrazole rings is 1. The molecule has 8 nitrogen and oxygen atoms in total. The average Bonchev–Trinajstić information content (AvgIpc) is 3.02. The Kier molecular flexibility index (Phi) is 6.62. The fraction of sp³-hybridized carbons (Fsp3) is 0.471. The predicted molar refractivity (Wildman–Crippen MR) is 93.6 cm³/mol. The van der Waals surface area contributed by atoms with Gasteiger partial charge in [-0.1, -0.05) is 45.0 Å². The van der Waals surface area contributed by atoms with E-state index in [1.807, 2.05) is 24.3 Å². The zero-order valence-electron chi connectivity index (χ0n) is 14.8. The third-order valence-electron chi connectivity index (χ3n) is 3.62. The summed E-state index contributed by atoms with van der Waals surface area (Å²) in [4.78, 5) is 24.6. The minimum Gasteiger partial charge on any atom is -0.338 e.